The molecule has 0 aliphatic heterocycles. The Hall–Kier alpha value is -1.27. The van der Waals surface area contributed by atoms with Crippen LogP contribution in [0.15, 0.2) is 53.5 Å². The number of aryl methyl sites for hydroxylation is 1. The standard InChI is InChI=1S/C15H16ClN3.HI/c1-11-2-8-14(9-3-11)19-15(17)18-10-12-4-6-13(16)7-5-12;/h2-9H,10H2,1H3,(H3,17,18,19);1H. The number of rotatable bonds is 3. The molecule has 0 heterocycles. The molecular formula is C15H17ClIN3. The summed E-state index contributed by atoms with van der Waals surface area (Å²) in [6.07, 6.45) is 0. The zero-order valence-corrected chi connectivity index (χ0v) is 14.2. The van der Waals surface area contributed by atoms with Crippen LogP contribution in [-0.4, -0.2) is 5.96 Å². The Morgan fingerprint density at radius 2 is 1.70 bits per heavy atom. The van der Waals surface area contributed by atoms with Crippen molar-refractivity contribution in [2.45, 2.75) is 13.5 Å². The van der Waals surface area contributed by atoms with Crippen molar-refractivity contribution >= 4 is 47.2 Å². The molecule has 106 valence electrons. The lowest BCUT2D eigenvalue weighted by atomic mass is 10.2. The van der Waals surface area contributed by atoms with E-state index < -0.39 is 0 Å². The lowest BCUT2D eigenvalue weighted by Gasteiger charge is -2.06. The quantitative estimate of drug-likeness (QED) is 0.460. The molecule has 5 heteroatoms. The van der Waals surface area contributed by atoms with E-state index >= 15 is 0 Å². The number of halogens is 2. The van der Waals surface area contributed by atoms with Crippen LogP contribution in [0.2, 0.25) is 5.02 Å². The van der Waals surface area contributed by atoms with Crippen LogP contribution < -0.4 is 11.1 Å². The highest BCUT2D eigenvalue weighted by molar-refractivity contribution is 14.0. The number of aliphatic imine (C=N–C) groups is 1. The third-order valence-corrected chi connectivity index (χ3v) is 2.92. The third kappa shape index (κ3) is 5.38. The first-order chi connectivity index (χ1) is 9.13. The molecule has 0 aromatic heterocycles. The summed E-state index contributed by atoms with van der Waals surface area (Å²) in [5.41, 5.74) is 9.05. The van der Waals surface area contributed by atoms with E-state index in [1.165, 1.54) is 5.56 Å². The number of guanidine groups is 1. The van der Waals surface area contributed by atoms with Crippen molar-refractivity contribution in [3.8, 4) is 0 Å². The van der Waals surface area contributed by atoms with Gasteiger partial charge in [0, 0.05) is 10.7 Å². The molecular weight excluding hydrogens is 385 g/mol. The predicted octanol–water partition coefficient (Wildman–Crippen LogP) is 4.19. The van der Waals surface area contributed by atoms with Crippen molar-refractivity contribution in [2.24, 2.45) is 10.7 Å². The predicted molar refractivity (Wildman–Crippen MR) is 97.0 cm³/mol. The van der Waals surface area contributed by atoms with Gasteiger partial charge in [-0.3, -0.25) is 0 Å². The van der Waals surface area contributed by atoms with E-state index in [9.17, 15) is 0 Å². The number of hydrogen-bond donors (Lipinski definition) is 2. The Morgan fingerprint density at radius 1 is 1.10 bits per heavy atom. The second-order valence-electron chi connectivity index (χ2n) is 4.32. The van der Waals surface area contributed by atoms with Gasteiger partial charge < -0.3 is 11.1 Å². The van der Waals surface area contributed by atoms with E-state index in [1.54, 1.807) is 0 Å². The Bertz CT molecular complexity index is 565. The van der Waals surface area contributed by atoms with E-state index in [1.807, 2.05) is 55.5 Å². The SMILES string of the molecule is Cc1ccc(NC(N)=NCc2ccc(Cl)cc2)cc1.I. The number of nitrogens with two attached hydrogens (primary N) is 1. The molecule has 0 bridgehead atoms. The van der Waals surface area contributed by atoms with E-state index in [-0.39, 0.29) is 24.0 Å². The molecule has 0 amide bonds. The first-order valence-electron chi connectivity index (χ1n) is 6.01. The van der Waals surface area contributed by atoms with Crippen molar-refractivity contribution in [2.75, 3.05) is 5.32 Å². The molecule has 2 aromatic rings. The second kappa shape index (κ2) is 8.11. The highest BCUT2D eigenvalue weighted by atomic mass is 127. The molecule has 3 N–H and O–H groups in total. The van der Waals surface area contributed by atoms with Gasteiger partial charge >= 0.3 is 0 Å². The molecule has 0 radical (unpaired) electrons. The van der Waals surface area contributed by atoms with Gasteiger partial charge in [0.1, 0.15) is 0 Å². The van der Waals surface area contributed by atoms with Crippen LogP contribution in [-0.2, 0) is 6.54 Å². The monoisotopic (exact) mass is 401 g/mol. The fraction of sp³-hybridized carbons (Fsp3) is 0.133. The van der Waals surface area contributed by atoms with Crippen molar-refractivity contribution < 1.29 is 0 Å². The first-order valence-corrected chi connectivity index (χ1v) is 6.39. The Morgan fingerprint density at radius 3 is 2.30 bits per heavy atom. The number of hydrogen-bond acceptors (Lipinski definition) is 1. The minimum Gasteiger partial charge on any atom is -0.370 e. The molecule has 0 unspecified atom stereocenters. The summed E-state index contributed by atoms with van der Waals surface area (Å²) in [6, 6.07) is 15.5. The minimum atomic E-state index is 0. The van der Waals surface area contributed by atoms with Gasteiger partial charge in [-0.1, -0.05) is 41.4 Å². The fourth-order valence-electron chi connectivity index (χ4n) is 1.59. The fourth-order valence-corrected chi connectivity index (χ4v) is 1.72. The van der Waals surface area contributed by atoms with E-state index in [2.05, 4.69) is 10.3 Å². The molecule has 0 saturated heterocycles. The summed E-state index contributed by atoms with van der Waals surface area (Å²) in [5.74, 6) is 0.402. The van der Waals surface area contributed by atoms with E-state index in [4.69, 9.17) is 17.3 Å². The van der Waals surface area contributed by atoms with Gasteiger partial charge in [-0.25, -0.2) is 4.99 Å². The van der Waals surface area contributed by atoms with Gasteiger partial charge in [0.2, 0.25) is 0 Å². The van der Waals surface area contributed by atoms with Crippen LogP contribution in [0.3, 0.4) is 0 Å². The number of benzene rings is 2. The zero-order valence-electron chi connectivity index (χ0n) is 11.1. The number of nitrogens with one attached hydrogen (secondary N) is 1. The van der Waals surface area contributed by atoms with Crippen molar-refractivity contribution in [3.63, 3.8) is 0 Å². The Kier molecular flexibility index (Phi) is 6.81. The summed E-state index contributed by atoms with van der Waals surface area (Å²) in [7, 11) is 0. The molecule has 2 rings (SSSR count). The molecule has 0 spiro atoms. The molecule has 0 atom stereocenters. The lowest BCUT2D eigenvalue weighted by molar-refractivity contribution is 1.06. The van der Waals surface area contributed by atoms with Crippen LogP contribution in [0.5, 0.6) is 0 Å². The van der Waals surface area contributed by atoms with Gasteiger partial charge in [0.25, 0.3) is 0 Å². The topological polar surface area (TPSA) is 50.4 Å². The Labute approximate surface area is 141 Å². The molecule has 3 nitrogen and oxygen atoms in total. The smallest absolute Gasteiger partial charge is 0.193 e. The maximum atomic E-state index is 5.83. The number of nitrogens with zero attached hydrogens (tertiary/aromatic N) is 1. The lowest BCUT2D eigenvalue weighted by Crippen LogP contribution is -2.22. The molecule has 2 aromatic carbocycles. The second-order valence-corrected chi connectivity index (χ2v) is 4.76. The van der Waals surface area contributed by atoms with Crippen LogP contribution in [0.4, 0.5) is 5.69 Å². The summed E-state index contributed by atoms with van der Waals surface area (Å²) in [5, 5.41) is 3.77. The molecule has 0 saturated carbocycles. The van der Waals surface area contributed by atoms with Crippen molar-refractivity contribution in [1.29, 1.82) is 0 Å². The summed E-state index contributed by atoms with van der Waals surface area (Å²) < 4.78 is 0. The highest BCUT2D eigenvalue weighted by Gasteiger charge is 1.96. The maximum absolute atomic E-state index is 5.83. The third-order valence-electron chi connectivity index (χ3n) is 2.67. The maximum Gasteiger partial charge on any atom is 0.193 e. The normalized spacial score (nSPS) is 10.8. The van der Waals surface area contributed by atoms with Crippen LogP contribution in [0.1, 0.15) is 11.1 Å². The number of anilines is 1. The minimum absolute atomic E-state index is 0. The highest BCUT2D eigenvalue weighted by Crippen LogP contribution is 2.11. The molecule has 0 aliphatic carbocycles. The Balaban J connectivity index is 0.00000200. The van der Waals surface area contributed by atoms with Gasteiger partial charge in [0.05, 0.1) is 6.54 Å². The summed E-state index contributed by atoms with van der Waals surface area (Å²) in [6.45, 7) is 2.57. The average Bonchev–Trinajstić information content (AvgIpc) is 2.41. The largest absolute Gasteiger partial charge is 0.370 e. The molecule has 20 heavy (non-hydrogen) atoms. The zero-order chi connectivity index (χ0) is 13.7. The van der Waals surface area contributed by atoms with Crippen molar-refractivity contribution in [3.05, 3.63) is 64.7 Å². The van der Waals surface area contributed by atoms with Crippen LogP contribution in [0.25, 0.3) is 0 Å². The molecule has 0 fully saturated rings. The van der Waals surface area contributed by atoms with E-state index in [0.29, 0.717) is 12.5 Å². The van der Waals surface area contributed by atoms with Gasteiger partial charge in [-0.05, 0) is 36.8 Å². The summed E-state index contributed by atoms with van der Waals surface area (Å²) in [4.78, 5) is 4.28. The summed E-state index contributed by atoms with van der Waals surface area (Å²) >= 11 is 5.82. The van der Waals surface area contributed by atoms with Crippen LogP contribution >= 0.6 is 35.6 Å². The average molecular weight is 402 g/mol. The first kappa shape index (κ1) is 16.8. The molecule has 0 aliphatic rings. The van der Waals surface area contributed by atoms with Gasteiger partial charge in [-0.15, -0.1) is 24.0 Å². The van der Waals surface area contributed by atoms with Gasteiger partial charge in [0.15, 0.2) is 5.96 Å². The van der Waals surface area contributed by atoms with Gasteiger partial charge in [-0.2, -0.15) is 0 Å². The van der Waals surface area contributed by atoms with Crippen molar-refractivity contribution in [1.82, 2.24) is 0 Å². The van der Waals surface area contributed by atoms with Crippen LogP contribution in [0, 0.1) is 6.92 Å². The van der Waals surface area contributed by atoms with E-state index in [0.717, 1.165) is 16.3 Å².